The summed E-state index contributed by atoms with van der Waals surface area (Å²) in [5.41, 5.74) is 0.123. The fraction of sp³-hybridized carbons (Fsp3) is 0.500. The average Bonchev–Trinajstić information content (AvgIpc) is 2.77. The number of hydrogen-bond donors (Lipinski definition) is 2. The number of carbonyl (C=O) groups is 2. The van der Waals surface area contributed by atoms with Crippen LogP contribution in [0.15, 0.2) is 24.3 Å². The molecule has 2 rings (SSSR count). The van der Waals surface area contributed by atoms with E-state index in [4.69, 9.17) is 11.6 Å². The molecule has 5 heteroatoms. The molecule has 4 nitrogen and oxygen atoms in total. The van der Waals surface area contributed by atoms with Crippen LogP contribution in [0.1, 0.15) is 39.3 Å². The molecule has 0 unspecified atom stereocenters. The fourth-order valence-corrected chi connectivity index (χ4v) is 3.30. The molecule has 1 atom stereocenters. The van der Waals surface area contributed by atoms with Crippen molar-refractivity contribution in [1.29, 1.82) is 0 Å². The van der Waals surface area contributed by atoms with E-state index >= 15 is 0 Å². The molecule has 1 amide bonds. The number of hydrogen-bond acceptors (Lipinski definition) is 2. The highest BCUT2D eigenvalue weighted by Crippen LogP contribution is 2.68. The van der Waals surface area contributed by atoms with Gasteiger partial charge in [0.05, 0.1) is 0 Å². The number of nitrogens with one attached hydrogen (secondary N) is 1. The Morgan fingerprint density at radius 3 is 2.14 bits per heavy atom. The lowest BCUT2D eigenvalue weighted by atomic mass is 10.0. The van der Waals surface area contributed by atoms with Crippen LogP contribution in [-0.4, -0.2) is 17.0 Å². The molecule has 21 heavy (non-hydrogen) atoms. The zero-order valence-corrected chi connectivity index (χ0v) is 13.4. The van der Waals surface area contributed by atoms with Gasteiger partial charge in [-0.25, -0.2) is 4.79 Å². The Kier molecular flexibility index (Phi) is 3.79. The Morgan fingerprint density at radius 2 is 1.71 bits per heavy atom. The first-order chi connectivity index (χ1) is 9.60. The van der Waals surface area contributed by atoms with Crippen molar-refractivity contribution in [3.05, 3.63) is 34.9 Å². The Labute approximate surface area is 129 Å². The van der Waals surface area contributed by atoms with E-state index in [9.17, 15) is 14.7 Å². The van der Waals surface area contributed by atoms with E-state index in [1.54, 1.807) is 24.3 Å². The molecular weight excluding hydrogens is 290 g/mol. The van der Waals surface area contributed by atoms with E-state index in [-0.39, 0.29) is 22.7 Å². The van der Waals surface area contributed by atoms with Crippen LogP contribution in [0, 0.1) is 16.7 Å². The molecule has 1 fully saturated rings. The number of carbonyl (C=O) groups excluding carboxylic acids is 1. The third-order valence-electron chi connectivity index (χ3n) is 5.03. The maximum Gasteiger partial charge on any atom is 0.330 e. The minimum absolute atomic E-state index is 0.138. The van der Waals surface area contributed by atoms with Gasteiger partial charge in [-0.05, 0) is 16.9 Å². The van der Waals surface area contributed by atoms with Gasteiger partial charge in [0.15, 0.2) is 6.04 Å². The SMILES string of the molecule is CC1(C)C(C(=O)N[C@@H](C(=O)O)c2ccccc2Cl)C1(C)C. The second-order valence-electron chi connectivity index (χ2n) is 6.68. The first-order valence-electron chi connectivity index (χ1n) is 6.88. The summed E-state index contributed by atoms with van der Waals surface area (Å²) in [4.78, 5) is 23.9. The average molecular weight is 310 g/mol. The molecule has 1 aliphatic rings. The highest BCUT2D eigenvalue weighted by molar-refractivity contribution is 6.31. The van der Waals surface area contributed by atoms with Crippen molar-refractivity contribution in [1.82, 2.24) is 5.32 Å². The molecule has 0 aromatic heterocycles. The molecule has 1 aliphatic carbocycles. The van der Waals surface area contributed by atoms with Crippen LogP contribution in [0.2, 0.25) is 5.02 Å². The van der Waals surface area contributed by atoms with Gasteiger partial charge >= 0.3 is 5.97 Å². The summed E-state index contributed by atoms with van der Waals surface area (Å²) in [7, 11) is 0. The Balaban J connectivity index is 2.22. The number of aliphatic carboxylic acids is 1. The van der Waals surface area contributed by atoms with E-state index in [0.29, 0.717) is 10.6 Å². The summed E-state index contributed by atoms with van der Waals surface area (Å²) in [5.74, 6) is -1.56. The Morgan fingerprint density at radius 1 is 1.19 bits per heavy atom. The molecule has 1 saturated carbocycles. The molecule has 2 N–H and O–H groups in total. The van der Waals surface area contributed by atoms with Crippen LogP contribution < -0.4 is 5.32 Å². The monoisotopic (exact) mass is 309 g/mol. The third kappa shape index (κ3) is 2.53. The van der Waals surface area contributed by atoms with Gasteiger partial charge in [-0.3, -0.25) is 4.79 Å². The lowest BCUT2D eigenvalue weighted by molar-refractivity contribution is -0.142. The minimum Gasteiger partial charge on any atom is -0.479 e. The second kappa shape index (κ2) is 5.02. The van der Waals surface area contributed by atoms with Gasteiger partial charge in [-0.15, -0.1) is 0 Å². The summed E-state index contributed by atoms with van der Waals surface area (Å²) >= 11 is 6.04. The Bertz CT molecular complexity index is 581. The van der Waals surface area contributed by atoms with Gasteiger partial charge in [0, 0.05) is 16.5 Å². The van der Waals surface area contributed by atoms with Crippen molar-refractivity contribution in [2.45, 2.75) is 33.7 Å². The Hall–Kier alpha value is -1.55. The van der Waals surface area contributed by atoms with E-state index in [2.05, 4.69) is 5.32 Å². The molecule has 1 aromatic carbocycles. The van der Waals surface area contributed by atoms with E-state index < -0.39 is 12.0 Å². The van der Waals surface area contributed by atoms with Gasteiger partial charge in [-0.2, -0.15) is 0 Å². The van der Waals surface area contributed by atoms with E-state index in [1.165, 1.54) is 0 Å². The zero-order valence-electron chi connectivity index (χ0n) is 12.6. The summed E-state index contributed by atoms with van der Waals surface area (Å²) in [5, 5.41) is 12.3. The van der Waals surface area contributed by atoms with E-state index in [0.717, 1.165) is 0 Å². The number of amides is 1. The summed E-state index contributed by atoms with van der Waals surface area (Å²) in [6.07, 6.45) is 0. The summed E-state index contributed by atoms with van der Waals surface area (Å²) < 4.78 is 0. The summed E-state index contributed by atoms with van der Waals surface area (Å²) in [6.45, 7) is 8.07. The van der Waals surface area contributed by atoms with Gasteiger partial charge in [-0.1, -0.05) is 57.5 Å². The largest absolute Gasteiger partial charge is 0.479 e. The fourth-order valence-electron chi connectivity index (χ4n) is 3.06. The van der Waals surface area contributed by atoms with Crippen molar-refractivity contribution in [3.63, 3.8) is 0 Å². The first-order valence-corrected chi connectivity index (χ1v) is 7.26. The summed E-state index contributed by atoms with van der Waals surface area (Å²) in [6, 6.07) is 5.53. The van der Waals surface area contributed by atoms with Crippen molar-refractivity contribution in [2.24, 2.45) is 16.7 Å². The lowest BCUT2D eigenvalue weighted by Gasteiger charge is -2.17. The molecule has 0 spiro atoms. The van der Waals surface area contributed by atoms with Crippen molar-refractivity contribution >= 4 is 23.5 Å². The molecule has 0 heterocycles. The zero-order chi connectivity index (χ0) is 16.0. The highest BCUT2D eigenvalue weighted by Gasteiger charge is 2.68. The van der Waals surface area contributed by atoms with Crippen LogP contribution in [-0.2, 0) is 9.59 Å². The highest BCUT2D eigenvalue weighted by atomic mass is 35.5. The van der Waals surface area contributed by atoms with Crippen LogP contribution in [0.4, 0.5) is 0 Å². The number of rotatable bonds is 4. The molecule has 1 aromatic rings. The number of benzene rings is 1. The maximum absolute atomic E-state index is 12.4. The predicted molar refractivity (Wildman–Crippen MR) is 81.0 cm³/mol. The second-order valence-corrected chi connectivity index (χ2v) is 7.08. The van der Waals surface area contributed by atoms with Crippen LogP contribution in [0.3, 0.4) is 0 Å². The van der Waals surface area contributed by atoms with Gasteiger partial charge < -0.3 is 10.4 Å². The van der Waals surface area contributed by atoms with E-state index in [1.807, 2.05) is 27.7 Å². The smallest absolute Gasteiger partial charge is 0.330 e. The standard InChI is InChI=1S/C16H20ClNO3/c1-15(2)12(16(15,3)4)13(19)18-11(14(20)21)9-7-5-6-8-10(9)17/h5-8,11-12H,1-4H3,(H,18,19)(H,20,21)/t11-/m1/s1. The van der Waals surface area contributed by atoms with Crippen molar-refractivity contribution in [3.8, 4) is 0 Å². The quantitative estimate of drug-likeness (QED) is 0.897. The van der Waals surface area contributed by atoms with Gasteiger partial charge in [0.2, 0.25) is 5.91 Å². The van der Waals surface area contributed by atoms with Crippen LogP contribution in [0.25, 0.3) is 0 Å². The van der Waals surface area contributed by atoms with Gasteiger partial charge in [0.1, 0.15) is 0 Å². The minimum atomic E-state index is -1.13. The molecule has 0 bridgehead atoms. The van der Waals surface area contributed by atoms with Crippen molar-refractivity contribution < 1.29 is 14.7 Å². The van der Waals surface area contributed by atoms with Crippen LogP contribution in [0.5, 0.6) is 0 Å². The predicted octanol–water partition coefficient (Wildman–Crippen LogP) is 3.26. The topological polar surface area (TPSA) is 66.4 Å². The molecule has 114 valence electrons. The first kappa shape index (κ1) is 15.8. The van der Waals surface area contributed by atoms with Gasteiger partial charge in [0.25, 0.3) is 0 Å². The number of carboxylic acids is 1. The normalized spacial score (nSPS) is 20.6. The third-order valence-corrected chi connectivity index (χ3v) is 5.38. The number of halogens is 1. The molecule has 0 saturated heterocycles. The lowest BCUT2D eigenvalue weighted by Crippen LogP contribution is -2.36. The molecular formula is C16H20ClNO3. The maximum atomic E-state index is 12.4. The van der Waals surface area contributed by atoms with Crippen LogP contribution >= 0.6 is 11.6 Å². The van der Waals surface area contributed by atoms with Crippen molar-refractivity contribution in [2.75, 3.05) is 0 Å². The molecule has 0 aliphatic heterocycles. The molecule has 0 radical (unpaired) electrons. The number of carboxylic acid groups (broad SMARTS) is 1.